The fraction of sp³-hybridized carbons (Fsp3) is 0.143. The van der Waals surface area contributed by atoms with Crippen molar-refractivity contribution >= 4 is 27.1 Å². The molecule has 0 saturated heterocycles. The van der Waals surface area contributed by atoms with E-state index in [1.807, 2.05) is 0 Å². The summed E-state index contributed by atoms with van der Waals surface area (Å²) in [5, 5.41) is 2.97. The Hall–Kier alpha value is -2.12. The molecule has 4 N–H and O–H groups in total. The van der Waals surface area contributed by atoms with E-state index in [0.717, 1.165) is 0 Å². The number of anilines is 3. The van der Waals surface area contributed by atoms with Crippen LogP contribution in [-0.4, -0.2) is 15.5 Å². The molecule has 0 aromatic heterocycles. The van der Waals surface area contributed by atoms with E-state index in [0.29, 0.717) is 16.9 Å². The second-order valence-electron chi connectivity index (χ2n) is 4.55. The van der Waals surface area contributed by atoms with E-state index in [4.69, 9.17) is 5.73 Å². The summed E-state index contributed by atoms with van der Waals surface area (Å²) < 4.78 is 39.1. The van der Waals surface area contributed by atoms with E-state index in [9.17, 15) is 12.8 Å². The Labute approximate surface area is 123 Å². The van der Waals surface area contributed by atoms with Crippen LogP contribution in [0.4, 0.5) is 21.5 Å². The lowest BCUT2D eigenvalue weighted by Gasteiger charge is -2.11. The van der Waals surface area contributed by atoms with Gasteiger partial charge in [-0.05, 0) is 49.9 Å². The highest BCUT2D eigenvalue weighted by atomic mass is 32.2. The minimum absolute atomic E-state index is 0.00522. The van der Waals surface area contributed by atoms with Gasteiger partial charge in [0.15, 0.2) is 0 Å². The SMILES string of the molecule is CNS(=O)(=O)c1ccc(Nc2ccc(C)c(F)c2)cc1N. The summed E-state index contributed by atoms with van der Waals surface area (Å²) in [5.74, 6) is -0.317. The fourth-order valence-corrected chi connectivity index (χ4v) is 2.65. The molecule has 0 atom stereocenters. The molecule has 2 rings (SSSR count). The number of sulfonamides is 1. The first-order valence-corrected chi connectivity index (χ1v) is 7.68. The Morgan fingerprint density at radius 3 is 2.29 bits per heavy atom. The van der Waals surface area contributed by atoms with Crippen molar-refractivity contribution in [2.75, 3.05) is 18.1 Å². The first-order valence-electron chi connectivity index (χ1n) is 6.20. The highest BCUT2D eigenvalue weighted by Crippen LogP contribution is 2.25. The van der Waals surface area contributed by atoms with Crippen LogP contribution >= 0.6 is 0 Å². The molecule has 0 fully saturated rings. The first-order chi connectivity index (χ1) is 9.83. The van der Waals surface area contributed by atoms with Crippen molar-refractivity contribution in [1.82, 2.24) is 4.72 Å². The van der Waals surface area contributed by atoms with Gasteiger partial charge in [0.05, 0.1) is 5.69 Å². The Kier molecular flexibility index (Phi) is 4.15. The van der Waals surface area contributed by atoms with Crippen LogP contribution in [0.25, 0.3) is 0 Å². The number of rotatable bonds is 4. The third kappa shape index (κ3) is 3.32. The summed E-state index contributed by atoms with van der Waals surface area (Å²) in [6.45, 7) is 1.68. The van der Waals surface area contributed by atoms with Gasteiger partial charge in [-0.1, -0.05) is 6.07 Å². The van der Waals surface area contributed by atoms with Crippen LogP contribution in [0.15, 0.2) is 41.3 Å². The van der Waals surface area contributed by atoms with Crippen molar-refractivity contribution in [2.24, 2.45) is 0 Å². The van der Waals surface area contributed by atoms with Gasteiger partial charge in [0.25, 0.3) is 0 Å². The van der Waals surface area contributed by atoms with Gasteiger partial charge in [-0.15, -0.1) is 0 Å². The molecule has 5 nitrogen and oxygen atoms in total. The fourth-order valence-electron chi connectivity index (χ4n) is 1.82. The van der Waals surface area contributed by atoms with E-state index in [1.54, 1.807) is 25.1 Å². The largest absolute Gasteiger partial charge is 0.398 e. The first kappa shape index (κ1) is 15.3. The molecule has 0 heterocycles. The monoisotopic (exact) mass is 309 g/mol. The molecule has 0 amide bonds. The molecule has 2 aromatic carbocycles. The Morgan fingerprint density at radius 1 is 1.10 bits per heavy atom. The summed E-state index contributed by atoms with van der Waals surface area (Å²) in [6, 6.07) is 9.20. The number of aryl methyl sites for hydroxylation is 1. The summed E-state index contributed by atoms with van der Waals surface area (Å²) in [5.41, 5.74) is 7.55. The Morgan fingerprint density at radius 2 is 1.71 bits per heavy atom. The van der Waals surface area contributed by atoms with Gasteiger partial charge in [-0.3, -0.25) is 0 Å². The number of nitrogens with two attached hydrogens (primary N) is 1. The predicted molar refractivity (Wildman–Crippen MR) is 81.5 cm³/mol. The molecule has 0 radical (unpaired) electrons. The van der Waals surface area contributed by atoms with Gasteiger partial charge < -0.3 is 11.1 Å². The number of halogens is 1. The van der Waals surface area contributed by atoms with Crippen LogP contribution in [0, 0.1) is 12.7 Å². The number of nitrogen functional groups attached to an aromatic ring is 1. The lowest BCUT2D eigenvalue weighted by Crippen LogP contribution is -2.19. The maximum Gasteiger partial charge on any atom is 0.242 e. The highest BCUT2D eigenvalue weighted by molar-refractivity contribution is 7.89. The van der Waals surface area contributed by atoms with E-state index < -0.39 is 10.0 Å². The molecule has 0 spiro atoms. The number of hydrogen-bond donors (Lipinski definition) is 3. The molecule has 0 aliphatic rings. The molecule has 112 valence electrons. The van der Waals surface area contributed by atoms with Crippen LogP contribution in [0.1, 0.15) is 5.56 Å². The number of benzene rings is 2. The standard InChI is InChI=1S/C14H16FN3O2S/c1-9-3-4-10(7-12(9)15)18-11-5-6-14(13(16)8-11)21(19,20)17-2/h3-8,17-18H,16H2,1-2H3. The van der Waals surface area contributed by atoms with Crippen LogP contribution in [0.5, 0.6) is 0 Å². The van der Waals surface area contributed by atoms with E-state index in [2.05, 4.69) is 10.0 Å². The molecule has 0 unspecified atom stereocenters. The molecule has 7 heteroatoms. The molecule has 0 aliphatic carbocycles. The smallest absolute Gasteiger partial charge is 0.242 e. The summed E-state index contributed by atoms with van der Waals surface area (Å²) in [7, 11) is -2.28. The predicted octanol–water partition coefficient (Wildman–Crippen LogP) is 2.37. The van der Waals surface area contributed by atoms with Crippen LogP contribution in [-0.2, 0) is 10.0 Å². The van der Waals surface area contributed by atoms with Gasteiger partial charge in [0.1, 0.15) is 10.7 Å². The van der Waals surface area contributed by atoms with Crippen molar-refractivity contribution in [2.45, 2.75) is 11.8 Å². The quantitative estimate of drug-likeness (QED) is 0.757. The van der Waals surface area contributed by atoms with Gasteiger partial charge >= 0.3 is 0 Å². The summed E-state index contributed by atoms with van der Waals surface area (Å²) in [6.07, 6.45) is 0. The number of nitrogens with one attached hydrogen (secondary N) is 2. The van der Waals surface area contributed by atoms with Gasteiger partial charge in [0.2, 0.25) is 10.0 Å². The van der Waals surface area contributed by atoms with Gasteiger partial charge in [-0.25, -0.2) is 17.5 Å². The molecule has 0 bridgehead atoms. The zero-order valence-corrected chi connectivity index (χ0v) is 12.5. The van der Waals surface area contributed by atoms with Crippen LogP contribution in [0.3, 0.4) is 0 Å². The minimum Gasteiger partial charge on any atom is -0.398 e. The van der Waals surface area contributed by atoms with Crippen molar-refractivity contribution in [3.63, 3.8) is 0 Å². The highest BCUT2D eigenvalue weighted by Gasteiger charge is 2.15. The van der Waals surface area contributed by atoms with Gasteiger partial charge in [0, 0.05) is 11.4 Å². The van der Waals surface area contributed by atoms with Crippen molar-refractivity contribution in [1.29, 1.82) is 0 Å². The lowest BCUT2D eigenvalue weighted by molar-refractivity contribution is 0.588. The average Bonchev–Trinajstić information content (AvgIpc) is 2.43. The topological polar surface area (TPSA) is 84.2 Å². The molecule has 0 aliphatic heterocycles. The van der Waals surface area contributed by atoms with Crippen molar-refractivity contribution < 1.29 is 12.8 Å². The second kappa shape index (κ2) is 5.71. The second-order valence-corrected chi connectivity index (χ2v) is 6.40. The van der Waals surface area contributed by atoms with Crippen molar-refractivity contribution in [3.05, 3.63) is 47.8 Å². The van der Waals surface area contributed by atoms with Crippen molar-refractivity contribution in [3.8, 4) is 0 Å². The third-order valence-corrected chi connectivity index (χ3v) is 4.52. The van der Waals surface area contributed by atoms with E-state index in [-0.39, 0.29) is 16.4 Å². The number of hydrogen-bond acceptors (Lipinski definition) is 4. The van der Waals surface area contributed by atoms with E-state index in [1.165, 1.54) is 25.2 Å². The van der Waals surface area contributed by atoms with E-state index >= 15 is 0 Å². The summed E-state index contributed by atoms with van der Waals surface area (Å²) in [4.78, 5) is 0.00522. The zero-order valence-electron chi connectivity index (χ0n) is 11.6. The molecular weight excluding hydrogens is 293 g/mol. The molecule has 0 saturated carbocycles. The summed E-state index contributed by atoms with van der Waals surface area (Å²) >= 11 is 0. The zero-order chi connectivity index (χ0) is 15.6. The van der Waals surface area contributed by atoms with Crippen LogP contribution < -0.4 is 15.8 Å². The maximum absolute atomic E-state index is 13.5. The maximum atomic E-state index is 13.5. The molecule has 2 aromatic rings. The average molecular weight is 309 g/mol. The third-order valence-electron chi connectivity index (χ3n) is 3.03. The minimum atomic E-state index is -3.59. The molecular formula is C14H16FN3O2S. The normalized spacial score (nSPS) is 11.4. The Bertz CT molecular complexity index is 776. The molecule has 21 heavy (non-hydrogen) atoms. The Balaban J connectivity index is 2.30. The lowest BCUT2D eigenvalue weighted by atomic mass is 10.2. The van der Waals surface area contributed by atoms with Crippen LogP contribution in [0.2, 0.25) is 0 Å². The van der Waals surface area contributed by atoms with Gasteiger partial charge in [-0.2, -0.15) is 0 Å².